The van der Waals surface area contributed by atoms with Crippen LogP contribution in [0.2, 0.25) is 0 Å². The number of nitrogens with one attached hydrogen (secondary N) is 1. The van der Waals surface area contributed by atoms with Crippen molar-refractivity contribution in [1.29, 1.82) is 0 Å². The third-order valence-electron chi connectivity index (χ3n) is 5.25. The summed E-state index contributed by atoms with van der Waals surface area (Å²) in [7, 11) is 1.87. The number of rotatable bonds is 4. The van der Waals surface area contributed by atoms with Crippen molar-refractivity contribution in [2.45, 2.75) is 32.2 Å². The smallest absolute Gasteiger partial charge is 0.225 e. The highest BCUT2D eigenvalue weighted by Gasteiger charge is 2.22. The number of anilines is 1. The average molecular weight is 345 g/mol. The number of likely N-dealkylation sites (tertiary alicyclic amines) is 1. The van der Waals surface area contributed by atoms with Crippen molar-refractivity contribution in [3.8, 4) is 0 Å². The molecule has 1 atom stereocenters. The summed E-state index contributed by atoms with van der Waals surface area (Å²) in [4.78, 5) is 20.3. The predicted molar refractivity (Wildman–Crippen MR) is 102 cm³/mol. The molecule has 0 aliphatic carbocycles. The maximum absolute atomic E-state index is 4.47. The summed E-state index contributed by atoms with van der Waals surface area (Å²) in [6.07, 6.45) is 7.65. The first-order valence-electron chi connectivity index (χ1n) is 9.49. The Morgan fingerprint density at radius 1 is 1.16 bits per heavy atom. The molecule has 2 fully saturated rings. The van der Waals surface area contributed by atoms with Gasteiger partial charge >= 0.3 is 0 Å². The van der Waals surface area contributed by atoms with Crippen LogP contribution in [0.4, 0.5) is 5.95 Å². The molecule has 1 unspecified atom stereocenters. The van der Waals surface area contributed by atoms with Crippen molar-refractivity contribution in [1.82, 2.24) is 25.1 Å². The van der Waals surface area contributed by atoms with Gasteiger partial charge in [-0.2, -0.15) is 0 Å². The lowest BCUT2D eigenvalue weighted by atomic mass is 10.0. The fourth-order valence-electron chi connectivity index (χ4n) is 3.71. The van der Waals surface area contributed by atoms with Crippen molar-refractivity contribution in [3.05, 3.63) is 18.5 Å². The van der Waals surface area contributed by atoms with Crippen LogP contribution in [0.25, 0.3) is 0 Å². The monoisotopic (exact) mass is 345 g/mol. The van der Waals surface area contributed by atoms with Gasteiger partial charge in [-0.15, -0.1) is 0 Å². The number of nitrogens with zero attached hydrogens (tertiary/aromatic N) is 6. The summed E-state index contributed by atoms with van der Waals surface area (Å²) >= 11 is 0. The normalized spacial score (nSPS) is 23.0. The fourth-order valence-corrected chi connectivity index (χ4v) is 3.71. The Hall–Kier alpha value is -1.89. The minimum atomic E-state index is 0.715. The van der Waals surface area contributed by atoms with Gasteiger partial charge in [0, 0.05) is 64.8 Å². The van der Waals surface area contributed by atoms with Crippen molar-refractivity contribution >= 4 is 11.9 Å². The van der Waals surface area contributed by atoms with E-state index in [2.05, 4.69) is 41.9 Å². The SMILES string of the molecule is CN=C(NCCN1CCCCC1C)N1CCN(c2ncccn2)CC1. The number of hydrogen-bond acceptors (Lipinski definition) is 5. The molecule has 2 aliphatic rings. The van der Waals surface area contributed by atoms with E-state index in [1.165, 1.54) is 25.8 Å². The first kappa shape index (κ1) is 17.9. The van der Waals surface area contributed by atoms with Gasteiger partial charge in [0.05, 0.1) is 0 Å². The molecule has 1 aromatic heterocycles. The Morgan fingerprint density at radius 2 is 1.92 bits per heavy atom. The molecule has 0 amide bonds. The molecule has 1 N–H and O–H groups in total. The number of aliphatic imine (C=N–C) groups is 1. The van der Waals surface area contributed by atoms with Crippen LogP contribution in [0.15, 0.2) is 23.5 Å². The van der Waals surface area contributed by atoms with Crippen LogP contribution in [0.1, 0.15) is 26.2 Å². The van der Waals surface area contributed by atoms with Gasteiger partial charge in [0.2, 0.25) is 5.95 Å². The first-order valence-corrected chi connectivity index (χ1v) is 9.49. The molecule has 138 valence electrons. The third-order valence-corrected chi connectivity index (χ3v) is 5.25. The zero-order chi connectivity index (χ0) is 17.5. The molecule has 3 rings (SSSR count). The summed E-state index contributed by atoms with van der Waals surface area (Å²) in [6.45, 7) is 9.37. The lowest BCUT2D eigenvalue weighted by Gasteiger charge is -2.37. The van der Waals surface area contributed by atoms with Crippen molar-refractivity contribution in [2.75, 3.05) is 57.8 Å². The molecule has 0 saturated carbocycles. The molecule has 0 bridgehead atoms. The lowest BCUT2D eigenvalue weighted by molar-refractivity contribution is 0.163. The van der Waals surface area contributed by atoms with E-state index in [9.17, 15) is 0 Å². The standard InChI is InChI=1S/C18H31N7/c1-16-6-3-4-10-23(16)11-9-22-17(19-2)24-12-14-25(15-13-24)18-20-7-5-8-21-18/h5,7-8,16H,3-4,6,9-15H2,1-2H3,(H,19,22). The van der Waals surface area contributed by atoms with Gasteiger partial charge in [0.25, 0.3) is 0 Å². The van der Waals surface area contributed by atoms with E-state index in [0.29, 0.717) is 6.04 Å². The lowest BCUT2D eigenvalue weighted by Crippen LogP contribution is -2.54. The second-order valence-electron chi connectivity index (χ2n) is 6.88. The van der Waals surface area contributed by atoms with Gasteiger partial charge in [0.1, 0.15) is 0 Å². The molecule has 1 aromatic rings. The van der Waals surface area contributed by atoms with Gasteiger partial charge < -0.3 is 15.1 Å². The minimum Gasteiger partial charge on any atom is -0.355 e. The Labute approximate surface area is 151 Å². The number of aromatic nitrogens is 2. The molecule has 7 nitrogen and oxygen atoms in total. The van der Waals surface area contributed by atoms with Gasteiger partial charge in [-0.3, -0.25) is 9.89 Å². The molecule has 3 heterocycles. The van der Waals surface area contributed by atoms with E-state index in [1.54, 1.807) is 12.4 Å². The third kappa shape index (κ3) is 4.81. The molecular formula is C18H31N7. The van der Waals surface area contributed by atoms with E-state index < -0.39 is 0 Å². The number of piperidine rings is 1. The minimum absolute atomic E-state index is 0.715. The van der Waals surface area contributed by atoms with Crippen LogP contribution < -0.4 is 10.2 Å². The number of hydrogen-bond donors (Lipinski definition) is 1. The van der Waals surface area contributed by atoms with E-state index >= 15 is 0 Å². The highest BCUT2D eigenvalue weighted by Crippen LogP contribution is 2.15. The summed E-state index contributed by atoms with van der Waals surface area (Å²) in [5, 5.41) is 3.55. The Morgan fingerprint density at radius 3 is 2.60 bits per heavy atom. The van der Waals surface area contributed by atoms with Crippen LogP contribution in [-0.4, -0.2) is 84.6 Å². The Balaban J connectivity index is 1.43. The summed E-state index contributed by atoms with van der Waals surface area (Å²) in [5.41, 5.74) is 0. The number of piperazine rings is 1. The molecule has 2 saturated heterocycles. The fraction of sp³-hybridized carbons (Fsp3) is 0.722. The van der Waals surface area contributed by atoms with Crippen LogP contribution in [0, 0.1) is 0 Å². The largest absolute Gasteiger partial charge is 0.355 e. The molecule has 0 aromatic carbocycles. The second kappa shape index (κ2) is 8.99. The Kier molecular flexibility index (Phi) is 6.44. The van der Waals surface area contributed by atoms with Crippen molar-refractivity contribution < 1.29 is 0 Å². The molecular weight excluding hydrogens is 314 g/mol. The molecule has 7 heteroatoms. The molecule has 0 radical (unpaired) electrons. The predicted octanol–water partition coefficient (Wildman–Crippen LogP) is 1.05. The highest BCUT2D eigenvalue weighted by molar-refractivity contribution is 5.80. The average Bonchev–Trinajstić information content (AvgIpc) is 2.67. The first-order chi connectivity index (χ1) is 12.3. The van der Waals surface area contributed by atoms with Crippen molar-refractivity contribution in [2.24, 2.45) is 4.99 Å². The van der Waals surface area contributed by atoms with E-state index in [-0.39, 0.29) is 0 Å². The Bertz CT molecular complexity index is 540. The zero-order valence-corrected chi connectivity index (χ0v) is 15.6. The van der Waals surface area contributed by atoms with Gasteiger partial charge in [0.15, 0.2) is 5.96 Å². The second-order valence-corrected chi connectivity index (χ2v) is 6.88. The van der Waals surface area contributed by atoms with Gasteiger partial charge in [-0.1, -0.05) is 6.42 Å². The van der Waals surface area contributed by atoms with Crippen LogP contribution in [0.3, 0.4) is 0 Å². The number of guanidine groups is 1. The van der Waals surface area contributed by atoms with Crippen LogP contribution >= 0.6 is 0 Å². The van der Waals surface area contributed by atoms with E-state index in [4.69, 9.17) is 0 Å². The molecule has 25 heavy (non-hydrogen) atoms. The van der Waals surface area contributed by atoms with Crippen LogP contribution in [0.5, 0.6) is 0 Å². The van der Waals surface area contributed by atoms with Crippen molar-refractivity contribution in [3.63, 3.8) is 0 Å². The maximum Gasteiger partial charge on any atom is 0.225 e. The van der Waals surface area contributed by atoms with E-state index in [0.717, 1.165) is 51.2 Å². The quantitative estimate of drug-likeness (QED) is 0.650. The van der Waals surface area contributed by atoms with Gasteiger partial charge in [-0.05, 0) is 32.4 Å². The summed E-state index contributed by atoms with van der Waals surface area (Å²) in [5.74, 6) is 1.84. The summed E-state index contributed by atoms with van der Waals surface area (Å²) < 4.78 is 0. The molecule has 2 aliphatic heterocycles. The topological polar surface area (TPSA) is 59.9 Å². The van der Waals surface area contributed by atoms with Crippen LogP contribution in [-0.2, 0) is 0 Å². The zero-order valence-electron chi connectivity index (χ0n) is 15.6. The summed E-state index contributed by atoms with van der Waals surface area (Å²) in [6, 6.07) is 2.57. The van der Waals surface area contributed by atoms with Gasteiger partial charge in [-0.25, -0.2) is 9.97 Å². The highest BCUT2D eigenvalue weighted by atomic mass is 15.4. The molecule has 0 spiro atoms. The van der Waals surface area contributed by atoms with E-state index in [1.807, 2.05) is 13.1 Å². The maximum atomic E-state index is 4.47.